The van der Waals surface area contributed by atoms with Crippen LogP contribution in [0.2, 0.25) is 0 Å². The number of likely N-dealkylation sites (tertiary alicyclic amines) is 1. The van der Waals surface area contributed by atoms with Crippen LogP contribution in [0.15, 0.2) is 42.6 Å². The first-order valence-electron chi connectivity index (χ1n) is 14.7. The Labute approximate surface area is 252 Å². The second kappa shape index (κ2) is 11.2. The van der Waals surface area contributed by atoms with Crippen LogP contribution < -0.4 is 9.47 Å². The third-order valence-corrected chi connectivity index (χ3v) is 9.14. The highest BCUT2D eigenvalue weighted by molar-refractivity contribution is 5.92. The fourth-order valence-corrected chi connectivity index (χ4v) is 6.45. The van der Waals surface area contributed by atoms with Gasteiger partial charge in [0.25, 0.3) is 5.88 Å². The summed E-state index contributed by atoms with van der Waals surface area (Å²) >= 11 is 0. The molecule has 11 nitrogen and oxygen atoms in total. The molecule has 7 rings (SSSR count). The van der Waals surface area contributed by atoms with Crippen molar-refractivity contribution in [1.29, 1.82) is 5.26 Å². The lowest BCUT2D eigenvalue weighted by Crippen LogP contribution is -2.38. The van der Waals surface area contributed by atoms with Gasteiger partial charge >= 0.3 is 5.97 Å². The number of methoxy groups -OCH3 is 1. The maximum atomic E-state index is 14.7. The number of ether oxygens (including phenoxy) is 3. The summed E-state index contributed by atoms with van der Waals surface area (Å²) in [5.74, 6) is 0.596. The van der Waals surface area contributed by atoms with E-state index in [9.17, 15) is 14.3 Å². The molecular formula is C32H31FN6O5. The van der Waals surface area contributed by atoms with Crippen molar-refractivity contribution < 1.29 is 28.5 Å². The number of halogens is 1. The van der Waals surface area contributed by atoms with Gasteiger partial charge in [0, 0.05) is 24.1 Å². The third-order valence-electron chi connectivity index (χ3n) is 9.14. The van der Waals surface area contributed by atoms with E-state index in [0.29, 0.717) is 41.7 Å². The predicted molar refractivity (Wildman–Crippen MR) is 155 cm³/mol. The number of aromatic carboxylic acids is 1. The highest BCUT2D eigenvalue weighted by Gasteiger charge is 2.59. The van der Waals surface area contributed by atoms with E-state index in [1.807, 2.05) is 0 Å². The monoisotopic (exact) mass is 598 g/mol. The van der Waals surface area contributed by atoms with Crippen molar-refractivity contribution in [2.24, 2.45) is 5.92 Å². The Kier molecular flexibility index (Phi) is 7.14. The van der Waals surface area contributed by atoms with Crippen LogP contribution in [-0.2, 0) is 29.8 Å². The number of piperidine rings is 1. The molecule has 0 amide bonds. The average molecular weight is 599 g/mol. The van der Waals surface area contributed by atoms with Gasteiger partial charge in [0.05, 0.1) is 60.7 Å². The van der Waals surface area contributed by atoms with Gasteiger partial charge in [-0.2, -0.15) is 14.6 Å². The third kappa shape index (κ3) is 5.12. The highest BCUT2D eigenvalue weighted by atomic mass is 19.1. The van der Waals surface area contributed by atoms with Crippen LogP contribution in [0, 0.1) is 23.1 Å². The summed E-state index contributed by atoms with van der Waals surface area (Å²) in [6.07, 6.45) is 3.98. The molecule has 4 heterocycles. The lowest BCUT2D eigenvalue weighted by Gasteiger charge is -2.32. The number of benzene rings is 2. The molecule has 3 aliphatic rings. The van der Waals surface area contributed by atoms with E-state index in [-0.39, 0.29) is 29.6 Å². The minimum absolute atomic E-state index is 0.0350. The molecular weight excluding hydrogens is 567 g/mol. The molecule has 2 aromatic heterocycles. The van der Waals surface area contributed by atoms with E-state index in [1.54, 1.807) is 36.4 Å². The van der Waals surface area contributed by atoms with Crippen LogP contribution in [0.5, 0.6) is 11.6 Å². The van der Waals surface area contributed by atoms with Crippen molar-refractivity contribution in [3.05, 3.63) is 76.8 Å². The molecule has 2 saturated heterocycles. The number of fused-ring (bicyclic) bond motifs is 2. The minimum atomic E-state index is -0.965. The molecule has 1 N–H and O–H groups in total. The number of nitriles is 1. The molecule has 0 spiro atoms. The van der Waals surface area contributed by atoms with Crippen LogP contribution in [0.3, 0.4) is 0 Å². The van der Waals surface area contributed by atoms with Gasteiger partial charge in [0.1, 0.15) is 24.0 Å². The van der Waals surface area contributed by atoms with Crippen molar-refractivity contribution in [3.8, 4) is 17.7 Å². The Bertz CT molecular complexity index is 1800. The summed E-state index contributed by atoms with van der Waals surface area (Å²) in [7, 11) is 1.51. The van der Waals surface area contributed by atoms with Crippen LogP contribution in [0.25, 0.3) is 11.0 Å². The van der Waals surface area contributed by atoms with E-state index in [2.05, 4.69) is 25.5 Å². The number of carboxylic acids is 1. The summed E-state index contributed by atoms with van der Waals surface area (Å²) < 4.78 is 33.7. The lowest BCUT2D eigenvalue weighted by molar-refractivity contribution is -0.0592. The molecule has 0 bridgehead atoms. The van der Waals surface area contributed by atoms with Gasteiger partial charge in [-0.05, 0) is 62.1 Å². The van der Waals surface area contributed by atoms with Crippen LogP contribution in [0.4, 0.5) is 4.39 Å². The van der Waals surface area contributed by atoms with E-state index in [1.165, 1.54) is 13.3 Å². The quantitative estimate of drug-likeness (QED) is 0.285. The predicted octanol–water partition coefficient (Wildman–Crippen LogP) is 4.08. The maximum absolute atomic E-state index is 14.7. The molecule has 226 valence electrons. The summed E-state index contributed by atoms with van der Waals surface area (Å²) in [5, 5.41) is 18.7. The molecule has 44 heavy (non-hydrogen) atoms. The number of aromatic nitrogens is 4. The van der Waals surface area contributed by atoms with Gasteiger partial charge < -0.3 is 23.9 Å². The first-order valence-corrected chi connectivity index (χ1v) is 14.7. The van der Waals surface area contributed by atoms with E-state index < -0.39 is 11.8 Å². The molecule has 2 aliphatic heterocycles. The zero-order chi connectivity index (χ0) is 30.4. The zero-order valence-corrected chi connectivity index (χ0v) is 24.2. The number of hydrogen-bond acceptors (Lipinski definition) is 9. The van der Waals surface area contributed by atoms with Gasteiger partial charge in [-0.15, -0.1) is 0 Å². The molecule has 12 heteroatoms. The van der Waals surface area contributed by atoms with Gasteiger partial charge in [-0.1, -0.05) is 6.07 Å². The topological polar surface area (TPSA) is 136 Å². The Morgan fingerprint density at radius 1 is 1.27 bits per heavy atom. The average Bonchev–Trinajstić information content (AvgIpc) is 3.65. The number of carbonyl (C=O) groups is 1. The Morgan fingerprint density at radius 2 is 2.14 bits per heavy atom. The number of hydrogen-bond donors (Lipinski definition) is 1. The van der Waals surface area contributed by atoms with Crippen molar-refractivity contribution in [3.63, 3.8) is 0 Å². The van der Waals surface area contributed by atoms with Crippen molar-refractivity contribution in [2.75, 3.05) is 26.8 Å². The van der Waals surface area contributed by atoms with Crippen LogP contribution in [-0.4, -0.2) is 68.4 Å². The van der Waals surface area contributed by atoms with E-state index in [4.69, 9.17) is 24.5 Å². The fourth-order valence-electron chi connectivity index (χ4n) is 6.45. The van der Waals surface area contributed by atoms with E-state index >= 15 is 0 Å². The maximum Gasteiger partial charge on any atom is 0.335 e. The number of rotatable bonds is 10. The molecule has 1 saturated carbocycles. The van der Waals surface area contributed by atoms with E-state index in [0.717, 1.165) is 55.8 Å². The Morgan fingerprint density at radius 3 is 2.86 bits per heavy atom. The summed E-state index contributed by atoms with van der Waals surface area (Å²) in [6, 6.07) is 12.1. The van der Waals surface area contributed by atoms with Gasteiger partial charge in [0.2, 0.25) is 5.82 Å². The summed E-state index contributed by atoms with van der Waals surface area (Å²) in [4.78, 5) is 27.8. The van der Waals surface area contributed by atoms with Crippen molar-refractivity contribution >= 4 is 17.0 Å². The number of imidazole rings is 1. The second-order valence-corrected chi connectivity index (χ2v) is 11.7. The highest BCUT2D eigenvalue weighted by Crippen LogP contribution is 2.58. The normalized spacial score (nSPS) is 22.6. The molecule has 3 fully saturated rings. The van der Waals surface area contributed by atoms with Gasteiger partial charge in [-0.3, -0.25) is 4.90 Å². The first kappa shape index (κ1) is 28.2. The molecule has 1 aliphatic carbocycles. The minimum Gasteiger partial charge on any atom is -0.496 e. The van der Waals surface area contributed by atoms with Crippen molar-refractivity contribution in [2.45, 2.75) is 50.5 Å². The summed E-state index contributed by atoms with van der Waals surface area (Å²) in [6.45, 7) is 3.65. The van der Waals surface area contributed by atoms with Crippen LogP contribution >= 0.6 is 0 Å². The molecule has 2 unspecified atom stereocenters. The second-order valence-electron chi connectivity index (χ2n) is 11.7. The van der Waals surface area contributed by atoms with Crippen molar-refractivity contribution in [1.82, 2.24) is 24.4 Å². The SMILES string of the molecule is COc1cc(C#N)ccc1COc1nc(C23CCN(Cc4nc5ccc(C(=O)O)cc5n4C[C@@H]4CCO4)CC2C3)ncc1F. The summed E-state index contributed by atoms with van der Waals surface area (Å²) in [5.41, 5.74) is 2.73. The smallest absolute Gasteiger partial charge is 0.335 e. The molecule has 0 radical (unpaired) electrons. The van der Waals surface area contributed by atoms with Crippen LogP contribution in [0.1, 0.15) is 52.4 Å². The fraction of sp³-hybridized carbons (Fsp3) is 0.406. The molecule has 2 aromatic carbocycles. The zero-order valence-electron chi connectivity index (χ0n) is 24.2. The number of nitrogens with zero attached hydrogens (tertiary/aromatic N) is 6. The van der Waals surface area contributed by atoms with Gasteiger partial charge in [0.15, 0.2) is 0 Å². The molecule has 4 aromatic rings. The number of carboxylic acid groups (broad SMARTS) is 1. The Balaban J connectivity index is 1.06. The standard InChI is InChI=1S/C32H31FN6O5/c1-42-27-10-19(13-34)2-3-21(27)18-44-29-24(33)14-35-31(37-29)32-7-8-38(15-22(32)12-32)17-28-36-25-5-4-20(30(40)41)11-26(25)39(28)16-23-6-9-43-23/h2-5,10-11,14,22-23H,6-9,12,15-18H2,1H3,(H,40,41)/t22?,23-,32?/m0/s1. The largest absolute Gasteiger partial charge is 0.496 e. The van der Waals surface area contributed by atoms with Gasteiger partial charge in [-0.25, -0.2) is 14.8 Å². The first-order chi connectivity index (χ1) is 21.4. The lowest BCUT2D eigenvalue weighted by atomic mass is 9.94. The molecule has 3 atom stereocenters. The Hall–Kier alpha value is -4.60.